The summed E-state index contributed by atoms with van der Waals surface area (Å²) in [4.78, 5) is 17.1. The molecule has 0 aliphatic carbocycles. The highest BCUT2D eigenvalue weighted by Gasteiger charge is 2.31. The number of ether oxygens (including phenoxy) is 1. The zero-order chi connectivity index (χ0) is 17.5. The minimum absolute atomic E-state index is 0.277. The summed E-state index contributed by atoms with van der Waals surface area (Å²) < 4.78 is 5.20. The van der Waals surface area contributed by atoms with Crippen molar-refractivity contribution in [2.24, 2.45) is 0 Å². The summed E-state index contributed by atoms with van der Waals surface area (Å²) in [6.45, 7) is 9.89. The van der Waals surface area contributed by atoms with Crippen molar-refractivity contribution in [3.63, 3.8) is 0 Å². The zero-order valence-corrected chi connectivity index (χ0v) is 15.6. The molecule has 0 radical (unpaired) electrons. The molecule has 134 valence electrons. The Balaban J connectivity index is 1.84. The highest BCUT2D eigenvalue weighted by Crippen LogP contribution is 2.17. The third-order valence-electron chi connectivity index (χ3n) is 5.07. The Morgan fingerprint density at radius 3 is 2.25 bits per heavy atom. The summed E-state index contributed by atoms with van der Waals surface area (Å²) in [7, 11) is 1.74. The van der Waals surface area contributed by atoms with Gasteiger partial charge in [0.2, 0.25) is 5.91 Å². The Bertz CT molecular complexity index is 503. The minimum Gasteiger partial charge on any atom is -0.383 e. The van der Waals surface area contributed by atoms with E-state index in [1.54, 1.807) is 7.11 Å². The van der Waals surface area contributed by atoms with E-state index in [1.807, 2.05) is 4.90 Å². The second-order valence-corrected chi connectivity index (χ2v) is 6.90. The quantitative estimate of drug-likeness (QED) is 0.770. The van der Waals surface area contributed by atoms with Crippen molar-refractivity contribution in [3.8, 4) is 0 Å². The standard InChI is InChI=1S/C20H32N2O2/c1-5-18-6-8-19(9-7-18)10-11-20(23)21-14-16(2)22(12-13-24-4)17(3)15-21/h6-9,16-17H,5,10-15H2,1-4H3. The van der Waals surface area contributed by atoms with Crippen LogP contribution in [0, 0.1) is 0 Å². The van der Waals surface area contributed by atoms with Crippen molar-refractivity contribution >= 4 is 5.91 Å². The first kappa shape index (κ1) is 18.9. The smallest absolute Gasteiger partial charge is 0.223 e. The molecule has 4 nitrogen and oxygen atoms in total. The maximum atomic E-state index is 12.6. The lowest BCUT2D eigenvalue weighted by atomic mass is 10.0. The van der Waals surface area contributed by atoms with Gasteiger partial charge in [0, 0.05) is 45.2 Å². The van der Waals surface area contributed by atoms with Crippen molar-refractivity contribution in [1.29, 1.82) is 0 Å². The van der Waals surface area contributed by atoms with Crippen LogP contribution in [0.1, 0.15) is 38.3 Å². The molecular formula is C20H32N2O2. The van der Waals surface area contributed by atoms with Crippen molar-refractivity contribution in [2.75, 3.05) is 33.4 Å². The normalized spacial score (nSPS) is 21.9. The Morgan fingerprint density at radius 1 is 1.12 bits per heavy atom. The zero-order valence-electron chi connectivity index (χ0n) is 15.6. The molecule has 4 heteroatoms. The van der Waals surface area contributed by atoms with Gasteiger partial charge in [-0.1, -0.05) is 31.2 Å². The number of amides is 1. The lowest BCUT2D eigenvalue weighted by Crippen LogP contribution is -2.58. The average Bonchev–Trinajstić information content (AvgIpc) is 2.59. The molecule has 1 saturated heterocycles. The number of hydrogen-bond acceptors (Lipinski definition) is 3. The van der Waals surface area contributed by atoms with Gasteiger partial charge in [0.15, 0.2) is 0 Å². The third-order valence-corrected chi connectivity index (χ3v) is 5.07. The molecule has 0 spiro atoms. The molecule has 0 bridgehead atoms. The van der Waals surface area contributed by atoms with E-state index in [-0.39, 0.29) is 5.91 Å². The number of hydrogen-bond donors (Lipinski definition) is 0. The number of methoxy groups -OCH3 is 1. The predicted molar refractivity (Wildman–Crippen MR) is 98.2 cm³/mol. The molecule has 1 fully saturated rings. The number of nitrogens with zero attached hydrogens (tertiary/aromatic N) is 2. The number of carbonyl (C=O) groups is 1. The fraction of sp³-hybridized carbons (Fsp3) is 0.650. The minimum atomic E-state index is 0.277. The molecule has 0 saturated carbocycles. The van der Waals surface area contributed by atoms with E-state index in [4.69, 9.17) is 4.74 Å². The Hall–Kier alpha value is -1.39. The van der Waals surface area contributed by atoms with Gasteiger partial charge in [-0.05, 0) is 37.8 Å². The van der Waals surface area contributed by atoms with Crippen LogP contribution >= 0.6 is 0 Å². The highest BCUT2D eigenvalue weighted by molar-refractivity contribution is 5.76. The van der Waals surface area contributed by atoms with E-state index in [9.17, 15) is 4.79 Å². The van der Waals surface area contributed by atoms with Crippen LogP contribution in [-0.2, 0) is 22.4 Å². The highest BCUT2D eigenvalue weighted by atomic mass is 16.5. The topological polar surface area (TPSA) is 32.8 Å². The summed E-state index contributed by atoms with van der Waals surface area (Å²) in [6, 6.07) is 9.41. The number of aryl methyl sites for hydroxylation is 2. The molecular weight excluding hydrogens is 300 g/mol. The summed E-state index contributed by atoms with van der Waals surface area (Å²) >= 11 is 0. The van der Waals surface area contributed by atoms with Crippen LogP contribution in [0.3, 0.4) is 0 Å². The number of rotatable bonds is 7. The van der Waals surface area contributed by atoms with Gasteiger partial charge in [0.25, 0.3) is 0 Å². The van der Waals surface area contributed by atoms with E-state index < -0.39 is 0 Å². The fourth-order valence-electron chi connectivity index (χ4n) is 3.55. The van der Waals surface area contributed by atoms with Gasteiger partial charge in [-0.3, -0.25) is 9.69 Å². The van der Waals surface area contributed by atoms with Crippen LogP contribution in [0.5, 0.6) is 0 Å². The van der Waals surface area contributed by atoms with Gasteiger partial charge in [-0.2, -0.15) is 0 Å². The van der Waals surface area contributed by atoms with Gasteiger partial charge in [-0.25, -0.2) is 0 Å². The number of carbonyl (C=O) groups excluding carboxylic acids is 1. The molecule has 1 aromatic carbocycles. The first-order valence-electron chi connectivity index (χ1n) is 9.15. The van der Waals surface area contributed by atoms with Crippen LogP contribution in [0.15, 0.2) is 24.3 Å². The lowest BCUT2D eigenvalue weighted by Gasteiger charge is -2.44. The van der Waals surface area contributed by atoms with E-state index in [0.717, 1.165) is 39.1 Å². The molecule has 2 atom stereocenters. The molecule has 24 heavy (non-hydrogen) atoms. The molecule has 1 heterocycles. The van der Waals surface area contributed by atoms with Crippen molar-refractivity contribution in [2.45, 2.75) is 52.1 Å². The maximum Gasteiger partial charge on any atom is 0.223 e. The summed E-state index contributed by atoms with van der Waals surface area (Å²) in [5.41, 5.74) is 2.60. The Morgan fingerprint density at radius 2 is 1.71 bits per heavy atom. The van der Waals surface area contributed by atoms with Gasteiger partial charge < -0.3 is 9.64 Å². The molecule has 1 amide bonds. The van der Waals surface area contributed by atoms with E-state index >= 15 is 0 Å². The van der Waals surface area contributed by atoms with Crippen LogP contribution in [0.25, 0.3) is 0 Å². The van der Waals surface area contributed by atoms with Gasteiger partial charge in [-0.15, -0.1) is 0 Å². The van der Waals surface area contributed by atoms with Crippen molar-refractivity contribution < 1.29 is 9.53 Å². The molecule has 0 aromatic heterocycles. The second kappa shape index (κ2) is 9.19. The first-order valence-corrected chi connectivity index (χ1v) is 9.15. The van der Waals surface area contributed by atoms with Crippen LogP contribution in [-0.4, -0.2) is 61.1 Å². The van der Waals surface area contributed by atoms with Crippen LogP contribution < -0.4 is 0 Å². The predicted octanol–water partition coefficient (Wildman–Crippen LogP) is 2.75. The monoisotopic (exact) mass is 332 g/mol. The van der Waals surface area contributed by atoms with Gasteiger partial charge >= 0.3 is 0 Å². The molecule has 0 N–H and O–H groups in total. The van der Waals surface area contributed by atoms with Crippen LogP contribution in [0.2, 0.25) is 0 Å². The fourth-order valence-corrected chi connectivity index (χ4v) is 3.55. The largest absolute Gasteiger partial charge is 0.383 e. The van der Waals surface area contributed by atoms with Crippen LogP contribution in [0.4, 0.5) is 0 Å². The van der Waals surface area contributed by atoms with E-state index in [2.05, 4.69) is 49.9 Å². The summed E-state index contributed by atoms with van der Waals surface area (Å²) in [5.74, 6) is 0.277. The molecule has 1 aromatic rings. The molecule has 1 aliphatic heterocycles. The number of piperazine rings is 1. The molecule has 2 rings (SSSR count). The first-order chi connectivity index (χ1) is 11.5. The average molecular weight is 332 g/mol. The second-order valence-electron chi connectivity index (χ2n) is 6.90. The Labute approximate surface area is 146 Å². The van der Waals surface area contributed by atoms with Gasteiger partial charge in [0.1, 0.15) is 0 Å². The Kier molecular flexibility index (Phi) is 7.25. The lowest BCUT2D eigenvalue weighted by molar-refractivity contribution is -0.135. The van der Waals surface area contributed by atoms with E-state index in [0.29, 0.717) is 18.5 Å². The summed E-state index contributed by atoms with van der Waals surface area (Å²) in [6.07, 6.45) is 2.49. The van der Waals surface area contributed by atoms with Gasteiger partial charge in [0.05, 0.1) is 6.61 Å². The molecule has 1 aliphatic rings. The number of benzene rings is 1. The molecule has 2 unspecified atom stereocenters. The van der Waals surface area contributed by atoms with Crippen molar-refractivity contribution in [1.82, 2.24) is 9.80 Å². The summed E-state index contributed by atoms with van der Waals surface area (Å²) in [5, 5.41) is 0. The maximum absolute atomic E-state index is 12.6. The van der Waals surface area contributed by atoms with E-state index in [1.165, 1.54) is 11.1 Å². The van der Waals surface area contributed by atoms with Crippen molar-refractivity contribution in [3.05, 3.63) is 35.4 Å². The SMILES string of the molecule is CCc1ccc(CCC(=O)N2CC(C)N(CCOC)C(C)C2)cc1. The third kappa shape index (κ3) is 5.05.